The summed E-state index contributed by atoms with van der Waals surface area (Å²) in [6.45, 7) is 0. The van der Waals surface area contributed by atoms with Crippen molar-refractivity contribution in [2.24, 2.45) is 0 Å². The van der Waals surface area contributed by atoms with Crippen LogP contribution in [0.2, 0.25) is 5.02 Å². The van der Waals surface area contributed by atoms with E-state index in [2.05, 4.69) is 10.3 Å². The van der Waals surface area contributed by atoms with Gasteiger partial charge in [-0.1, -0.05) is 22.9 Å². The SMILES string of the molecule is CS(=O)(=O)c1ccc2nc(NC(=O)c3ccc([N+](=O)[O-])cc3Cl)sc2c1. The van der Waals surface area contributed by atoms with E-state index < -0.39 is 20.7 Å². The summed E-state index contributed by atoms with van der Waals surface area (Å²) in [4.78, 5) is 26.8. The molecule has 0 spiro atoms. The van der Waals surface area contributed by atoms with Gasteiger partial charge in [-0.2, -0.15) is 0 Å². The number of sulfone groups is 1. The number of nitro groups is 1. The van der Waals surface area contributed by atoms with Crippen LogP contribution in [0.15, 0.2) is 41.3 Å². The Labute approximate surface area is 156 Å². The lowest BCUT2D eigenvalue weighted by atomic mass is 10.2. The minimum absolute atomic E-state index is 0.0582. The van der Waals surface area contributed by atoms with Gasteiger partial charge in [-0.15, -0.1) is 0 Å². The van der Waals surface area contributed by atoms with Crippen molar-refractivity contribution in [3.63, 3.8) is 0 Å². The molecule has 0 atom stereocenters. The molecule has 11 heteroatoms. The van der Waals surface area contributed by atoms with Gasteiger partial charge in [-0.05, 0) is 24.3 Å². The third-order valence-corrected chi connectivity index (χ3v) is 5.77. The number of nitrogens with zero attached hydrogens (tertiary/aromatic N) is 2. The van der Waals surface area contributed by atoms with Crippen LogP contribution in [0.5, 0.6) is 0 Å². The van der Waals surface area contributed by atoms with E-state index in [9.17, 15) is 23.3 Å². The van der Waals surface area contributed by atoms with Crippen molar-refractivity contribution in [3.8, 4) is 0 Å². The van der Waals surface area contributed by atoms with Crippen LogP contribution in [-0.4, -0.2) is 30.5 Å². The van der Waals surface area contributed by atoms with Crippen molar-refractivity contribution in [3.05, 3.63) is 57.1 Å². The Kier molecular flexibility index (Phi) is 4.65. The van der Waals surface area contributed by atoms with Gasteiger partial charge in [0.15, 0.2) is 15.0 Å². The van der Waals surface area contributed by atoms with Gasteiger partial charge in [0.1, 0.15) is 0 Å². The lowest BCUT2D eigenvalue weighted by molar-refractivity contribution is -0.384. The number of nitro benzene ring substituents is 1. The highest BCUT2D eigenvalue weighted by molar-refractivity contribution is 7.90. The van der Waals surface area contributed by atoms with Gasteiger partial charge in [0.25, 0.3) is 11.6 Å². The van der Waals surface area contributed by atoms with Crippen LogP contribution in [0.3, 0.4) is 0 Å². The molecule has 0 aliphatic carbocycles. The van der Waals surface area contributed by atoms with Crippen molar-refractivity contribution in [1.82, 2.24) is 4.98 Å². The van der Waals surface area contributed by atoms with E-state index >= 15 is 0 Å². The van der Waals surface area contributed by atoms with Crippen LogP contribution in [0.25, 0.3) is 10.2 Å². The predicted molar refractivity (Wildman–Crippen MR) is 98.8 cm³/mol. The number of carbonyl (C=O) groups excluding carboxylic acids is 1. The maximum Gasteiger partial charge on any atom is 0.270 e. The smallest absolute Gasteiger partial charge is 0.270 e. The highest BCUT2D eigenvalue weighted by atomic mass is 35.5. The standard InChI is InChI=1S/C15H10ClN3O5S2/c1-26(23,24)9-3-5-12-13(7-9)25-15(17-12)18-14(20)10-4-2-8(19(21)22)6-11(10)16/h2-7H,1H3,(H,17,18,20). The summed E-state index contributed by atoms with van der Waals surface area (Å²) in [5.41, 5.74) is 0.376. The molecular weight excluding hydrogens is 402 g/mol. The van der Waals surface area contributed by atoms with Crippen molar-refractivity contribution in [2.45, 2.75) is 4.90 Å². The summed E-state index contributed by atoms with van der Waals surface area (Å²) in [6, 6.07) is 8.00. The molecule has 0 fully saturated rings. The van der Waals surface area contributed by atoms with E-state index in [1.165, 1.54) is 24.3 Å². The first kappa shape index (κ1) is 18.2. The normalized spacial score (nSPS) is 11.5. The molecule has 0 aliphatic rings. The lowest BCUT2D eigenvalue weighted by Crippen LogP contribution is -2.12. The molecule has 3 aromatic rings. The number of benzene rings is 2. The van der Waals surface area contributed by atoms with Crippen molar-refractivity contribution in [2.75, 3.05) is 11.6 Å². The predicted octanol–water partition coefficient (Wildman–Crippen LogP) is 3.51. The van der Waals surface area contributed by atoms with E-state index in [1.54, 1.807) is 6.07 Å². The van der Waals surface area contributed by atoms with Crippen LogP contribution in [-0.2, 0) is 9.84 Å². The molecule has 26 heavy (non-hydrogen) atoms. The number of amides is 1. The van der Waals surface area contributed by atoms with Gasteiger partial charge in [-0.3, -0.25) is 20.2 Å². The topological polar surface area (TPSA) is 119 Å². The van der Waals surface area contributed by atoms with Crippen LogP contribution >= 0.6 is 22.9 Å². The second kappa shape index (κ2) is 6.63. The molecule has 0 unspecified atom stereocenters. The monoisotopic (exact) mass is 411 g/mol. The molecule has 1 amide bonds. The fourth-order valence-electron chi connectivity index (χ4n) is 2.16. The summed E-state index contributed by atoms with van der Waals surface area (Å²) in [5.74, 6) is -0.577. The Hall–Kier alpha value is -2.56. The first-order valence-electron chi connectivity index (χ1n) is 7.01. The highest BCUT2D eigenvalue weighted by Gasteiger charge is 2.17. The molecule has 3 rings (SSSR count). The van der Waals surface area contributed by atoms with Gasteiger partial charge in [0, 0.05) is 18.4 Å². The molecule has 1 aromatic heterocycles. The number of non-ortho nitro benzene ring substituents is 1. The summed E-state index contributed by atoms with van der Waals surface area (Å²) in [6.07, 6.45) is 1.11. The second-order valence-electron chi connectivity index (χ2n) is 5.30. The summed E-state index contributed by atoms with van der Waals surface area (Å²) >= 11 is 7.04. The zero-order valence-corrected chi connectivity index (χ0v) is 15.5. The number of carbonyl (C=O) groups is 1. The molecule has 0 radical (unpaired) electrons. The Morgan fingerprint density at radius 1 is 1.27 bits per heavy atom. The number of fused-ring (bicyclic) bond motifs is 1. The van der Waals surface area contributed by atoms with Crippen molar-refractivity contribution >= 4 is 59.7 Å². The Balaban J connectivity index is 1.89. The van der Waals surface area contributed by atoms with E-state index in [0.29, 0.717) is 10.2 Å². The molecule has 2 aromatic carbocycles. The molecular formula is C15H10ClN3O5S2. The quantitative estimate of drug-likeness (QED) is 0.518. The van der Waals surface area contributed by atoms with Gasteiger partial charge < -0.3 is 0 Å². The summed E-state index contributed by atoms with van der Waals surface area (Å²) in [5, 5.41) is 13.5. The fourth-order valence-corrected chi connectivity index (χ4v) is 4.04. The van der Waals surface area contributed by atoms with E-state index in [4.69, 9.17) is 11.6 Å². The number of aromatic nitrogens is 1. The zero-order chi connectivity index (χ0) is 19.1. The third kappa shape index (κ3) is 3.66. The average Bonchev–Trinajstić information content (AvgIpc) is 2.94. The third-order valence-electron chi connectivity index (χ3n) is 3.42. The molecule has 0 saturated carbocycles. The average molecular weight is 412 g/mol. The number of anilines is 1. The minimum atomic E-state index is -3.35. The Bertz CT molecular complexity index is 1160. The van der Waals surface area contributed by atoms with E-state index in [-0.39, 0.29) is 26.3 Å². The fraction of sp³-hybridized carbons (Fsp3) is 0.0667. The molecule has 1 N–H and O–H groups in total. The maximum atomic E-state index is 12.3. The van der Waals surface area contributed by atoms with Crippen LogP contribution in [0, 0.1) is 10.1 Å². The first-order chi connectivity index (χ1) is 12.1. The molecule has 0 bridgehead atoms. The van der Waals surface area contributed by atoms with Crippen LogP contribution in [0.1, 0.15) is 10.4 Å². The van der Waals surface area contributed by atoms with Gasteiger partial charge in [-0.25, -0.2) is 13.4 Å². The molecule has 0 saturated heterocycles. The number of hydrogen-bond donors (Lipinski definition) is 1. The van der Waals surface area contributed by atoms with Crippen molar-refractivity contribution < 1.29 is 18.1 Å². The Morgan fingerprint density at radius 3 is 2.62 bits per heavy atom. The number of nitrogens with one attached hydrogen (secondary N) is 1. The molecule has 134 valence electrons. The van der Waals surface area contributed by atoms with E-state index in [0.717, 1.165) is 23.7 Å². The zero-order valence-electron chi connectivity index (χ0n) is 13.1. The van der Waals surface area contributed by atoms with Crippen molar-refractivity contribution in [1.29, 1.82) is 0 Å². The number of hydrogen-bond acceptors (Lipinski definition) is 7. The maximum absolute atomic E-state index is 12.3. The summed E-state index contributed by atoms with van der Waals surface area (Å²) < 4.78 is 23.8. The van der Waals surface area contributed by atoms with Gasteiger partial charge in [0.05, 0.1) is 30.6 Å². The lowest BCUT2D eigenvalue weighted by Gasteiger charge is -2.03. The van der Waals surface area contributed by atoms with Gasteiger partial charge in [0.2, 0.25) is 0 Å². The Morgan fingerprint density at radius 2 is 2.00 bits per heavy atom. The number of thiazole rings is 1. The number of rotatable bonds is 4. The van der Waals surface area contributed by atoms with Crippen LogP contribution in [0.4, 0.5) is 10.8 Å². The number of halogens is 1. The molecule has 8 nitrogen and oxygen atoms in total. The van der Waals surface area contributed by atoms with Crippen LogP contribution < -0.4 is 5.32 Å². The first-order valence-corrected chi connectivity index (χ1v) is 10.1. The second-order valence-corrected chi connectivity index (χ2v) is 8.75. The highest BCUT2D eigenvalue weighted by Crippen LogP contribution is 2.29. The minimum Gasteiger partial charge on any atom is -0.298 e. The van der Waals surface area contributed by atoms with Gasteiger partial charge >= 0.3 is 0 Å². The molecule has 1 heterocycles. The molecule has 0 aliphatic heterocycles. The largest absolute Gasteiger partial charge is 0.298 e. The van der Waals surface area contributed by atoms with E-state index in [1.807, 2.05) is 0 Å². The summed E-state index contributed by atoms with van der Waals surface area (Å²) in [7, 11) is -3.35.